The van der Waals surface area contributed by atoms with Gasteiger partial charge in [-0.3, -0.25) is 0 Å². The van der Waals surface area contributed by atoms with Gasteiger partial charge in [0.1, 0.15) is 5.82 Å². The second kappa shape index (κ2) is 16.7. The van der Waals surface area contributed by atoms with Crippen molar-refractivity contribution in [2.75, 3.05) is 13.2 Å². The minimum absolute atomic E-state index is 0.0602. The van der Waals surface area contributed by atoms with Crippen molar-refractivity contribution in [2.24, 2.45) is 5.92 Å². The van der Waals surface area contributed by atoms with Gasteiger partial charge in [-0.15, -0.1) is 0 Å². The zero-order valence-corrected chi connectivity index (χ0v) is 25.4. The predicted octanol–water partition coefficient (Wildman–Crippen LogP) is 11.6. The van der Waals surface area contributed by atoms with Crippen molar-refractivity contribution in [3.8, 4) is 28.0 Å². The summed E-state index contributed by atoms with van der Waals surface area (Å²) in [5.74, 6) is -1.68. The van der Waals surface area contributed by atoms with E-state index >= 15 is 4.39 Å². The first-order valence-electron chi connectivity index (χ1n) is 16.1. The fourth-order valence-electron chi connectivity index (χ4n) is 5.88. The van der Waals surface area contributed by atoms with Crippen molar-refractivity contribution >= 4 is 0 Å². The molecule has 0 amide bonds. The van der Waals surface area contributed by atoms with Crippen molar-refractivity contribution in [3.63, 3.8) is 0 Å². The van der Waals surface area contributed by atoms with Crippen LogP contribution in [0.2, 0.25) is 0 Å². The molecule has 0 N–H and O–H groups in total. The maximum absolute atomic E-state index is 15.2. The highest BCUT2D eigenvalue weighted by atomic mass is 19.2. The summed E-state index contributed by atoms with van der Waals surface area (Å²) in [5, 5.41) is 0. The molecule has 0 aliphatic carbocycles. The van der Waals surface area contributed by atoms with Crippen LogP contribution < -0.4 is 4.74 Å². The van der Waals surface area contributed by atoms with Crippen LogP contribution in [0.4, 0.5) is 13.2 Å². The summed E-state index contributed by atoms with van der Waals surface area (Å²) in [7, 11) is 0. The monoisotopic (exact) mass is 580 g/mol. The van der Waals surface area contributed by atoms with E-state index in [9.17, 15) is 8.78 Å². The first-order valence-corrected chi connectivity index (χ1v) is 16.1. The molecule has 1 aliphatic rings. The topological polar surface area (TPSA) is 18.5 Å². The van der Waals surface area contributed by atoms with Crippen LogP contribution in [0.5, 0.6) is 5.75 Å². The van der Waals surface area contributed by atoms with Gasteiger partial charge in [0.25, 0.3) is 0 Å². The van der Waals surface area contributed by atoms with Crippen LogP contribution in [0.15, 0.2) is 54.6 Å². The number of hydrogen-bond acceptors (Lipinski definition) is 2. The number of benzene rings is 3. The van der Waals surface area contributed by atoms with Crippen LogP contribution in [-0.4, -0.2) is 13.2 Å². The zero-order valence-electron chi connectivity index (χ0n) is 25.4. The predicted molar refractivity (Wildman–Crippen MR) is 166 cm³/mol. The molecule has 3 aromatic carbocycles. The Kier molecular flexibility index (Phi) is 12.8. The lowest BCUT2D eigenvalue weighted by Crippen LogP contribution is -2.20. The second-order valence-electron chi connectivity index (χ2n) is 11.8. The molecule has 42 heavy (non-hydrogen) atoms. The largest absolute Gasteiger partial charge is 0.490 e. The Bertz CT molecular complexity index is 1230. The van der Waals surface area contributed by atoms with Gasteiger partial charge in [-0.05, 0) is 66.5 Å². The summed E-state index contributed by atoms with van der Waals surface area (Å²) in [4.78, 5) is 0. The van der Waals surface area contributed by atoms with Gasteiger partial charge in [0.05, 0.1) is 19.3 Å². The van der Waals surface area contributed by atoms with Gasteiger partial charge in [-0.25, -0.2) is 8.78 Å². The van der Waals surface area contributed by atoms with Crippen LogP contribution >= 0.6 is 0 Å². The summed E-state index contributed by atoms with van der Waals surface area (Å²) in [5.41, 5.74) is 2.69. The number of hydrogen-bond donors (Lipinski definition) is 0. The molecule has 2 nitrogen and oxygen atoms in total. The van der Waals surface area contributed by atoms with Gasteiger partial charge in [-0.2, -0.15) is 4.39 Å². The Labute approximate surface area is 250 Å². The minimum atomic E-state index is -0.974. The van der Waals surface area contributed by atoms with E-state index in [-0.39, 0.29) is 23.2 Å². The number of halogens is 3. The molecule has 0 aromatic heterocycles. The smallest absolute Gasteiger partial charge is 0.201 e. The Hall–Kier alpha value is -2.79. The van der Waals surface area contributed by atoms with E-state index in [0.29, 0.717) is 29.2 Å². The lowest BCUT2D eigenvalue weighted by molar-refractivity contribution is -0.0200. The van der Waals surface area contributed by atoms with E-state index in [1.165, 1.54) is 57.4 Å². The average Bonchev–Trinajstić information content (AvgIpc) is 3.01. The van der Waals surface area contributed by atoms with Crippen LogP contribution in [0.25, 0.3) is 22.3 Å². The summed E-state index contributed by atoms with van der Waals surface area (Å²) >= 11 is 0. The molecule has 0 radical (unpaired) electrons. The molecule has 2 unspecified atom stereocenters. The van der Waals surface area contributed by atoms with E-state index in [4.69, 9.17) is 9.47 Å². The van der Waals surface area contributed by atoms with Crippen LogP contribution in [0.3, 0.4) is 0 Å². The molecule has 1 fully saturated rings. The van der Waals surface area contributed by atoms with Crippen molar-refractivity contribution in [2.45, 2.75) is 103 Å². The highest BCUT2D eigenvalue weighted by Crippen LogP contribution is 2.36. The van der Waals surface area contributed by atoms with E-state index in [0.717, 1.165) is 44.3 Å². The first kappa shape index (κ1) is 32.1. The fourth-order valence-corrected chi connectivity index (χ4v) is 5.88. The van der Waals surface area contributed by atoms with Gasteiger partial charge in [0.2, 0.25) is 5.82 Å². The highest BCUT2D eigenvalue weighted by Gasteiger charge is 2.24. The molecule has 3 aromatic rings. The maximum atomic E-state index is 15.2. The van der Waals surface area contributed by atoms with E-state index < -0.39 is 11.6 Å². The third kappa shape index (κ3) is 8.86. The lowest BCUT2D eigenvalue weighted by Gasteiger charge is -2.29. The molecule has 0 spiro atoms. The number of ether oxygens (including phenoxy) is 2. The molecule has 4 rings (SSSR count). The molecule has 0 saturated carbocycles. The normalized spacial score (nSPS) is 17.0. The van der Waals surface area contributed by atoms with Crippen LogP contribution in [0.1, 0.15) is 109 Å². The third-order valence-corrected chi connectivity index (χ3v) is 8.51. The zero-order chi connectivity index (χ0) is 29.7. The van der Waals surface area contributed by atoms with Gasteiger partial charge in [-0.1, -0.05) is 108 Å². The molecular formula is C37H47F3O2. The van der Waals surface area contributed by atoms with Gasteiger partial charge in [0, 0.05) is 11.1 Å². The molecule has 228 valence electrons. The Morgan fingerprint density at radius 1 is 0.690 bits per heavy atom. The molecule has 1 aliphatic heterocycles. The van der Waals surface area contributed by atoms with E-state index in [1.54, 1.807) is 42.5 Å². The quantitative estimate of drug-likeness (QED) is 0.157. The molecule has 2 atom stereocenters. The lowest BCUT2D eigenvalue weighted by atomic mass is 9.90. The van der Waals surface area contributed by atoms with Gasteiger partial charge in [0.15, 0.2) is 11.6 Å². The van der Waals surface area contributed by atoms with Gasteiger partial charge < -0.3 is 9.47 Å². The summed E-state index contributed by atoms with van der Waals surface area (Å²) < 4.78 is 56.6. The van der Waals surface area contributed by atoms with Crippen LogP contribution in [0, 0.1) is 23.4 Å². The Balaban J connectivity index is 1.33. The van der Waals surface area contributed by atoms with Crippen molar-refractivity contribution < 1.29 is 22.6 Å². The Morgan fingerprint density at radius 2 is 1.33 bits per heavy atom. The summed E-state index contributed by atoms with van der Waals surface area (Å²) in [6.07, 6.45) is 14.8. The number of unbranched alkanes of at least 4 members (excludes halogenated alkanes) is 8. The standard InChI is InChI=1S/C37H47F3O2/c1-3-5-7-8-9-10-12-24-41-35-23-21-32(36(39)37(35)40)29-17-15-28(16-18-29)31-20-19-30(25-33(31)38)34-22-14-27(26-42-34)13-11-6-4-2/h15-21,23,25,27,34H,3-14,22,24,26H2,1-2H3. The van der Waals surface area contributed by atoms with Crippen molar-refractivity contribution in [3.05, 3.63) is 77.6 Å². The van der Waals surface area contributed by atoms with Gasteiger partial charge >= 0.3 is 0 Å². The number of rotatable bonds is 16. The maximum Gasteiger partial charge on any atom is 0.201 e. The molecule has 1 saturated heterocycles. The van der Waals surface area contributed by atoms with E-state index in [2.05, 4.69) is 13.8 Å². The van der Waals surface area contributed by atoms with Crippen molar-refractivity contribution in [1.29, 1.82) is 0 Å². The summed E-state index contributed by atoms with van der Waals surface area (Å²) in [6.45, 7) is 5.52. The molecule has 5 heteroatoms. The molecule has 0 bridgehead atoms. The Morgan fingerprint density at radius 3 is 2.00 bits per heavy atom. The van der Waals surface area contributed by atoms with Crippen LogP contribution in [-0.2, 0) is 4.74 Å². The first-order chi connectivity index (χ1) is 20.5. The average molecular weight is 581 g/mol. The fraction of sp³-hybridized carbons (Fsp3) is 0.514. The van der Waals surface area contributed by atoms with E-state index in [1.807, 2.05) is 6.07 Å². The second-order valence-corrected chi connectivity index (χ2v) is 11.8. The molecular weight excluding hydrogens is 533 g/mol. The third-order valence-electron chi connectivity index (χ3n) is 8.51. The SMILES string of the molecule is CCCCCCCCCOc1ccc(-c2ccc(-c3ccc(C4CCC(CCCCC)CO4)cc3F)cc2)c(F)c1F. The minimum Gasteiger partial charge on any atom is -0.490 e. The highest BCUT2D eigenvalue weighted by molar-refractivity contribution is 5.71. The molecule has 1 heterocycles. The van der Waals surface area contributed by atoms with Crippen molar-refractivity contribution in [1.82, 2.24) is 0 Å². The summed E-state index contributed by atoms with van der Waals surface area (Å²) in [6, 6.07) is 15.2.